The lowest BCUT2D eigenvalue weighted by molar-refractivity contribution is 0.0961. The van der Waals surface area contributed by atoms with Crippen LogP contribution in [0.1, 0.15) is 41.9 Å². The third-order valence-corrected chi connectivity index (χ3v) is 3.80. The molecule has 0 aliphatic carbocycles. The van der Waals surface area contributed by atoms with Gasteiger partial charge in [-0.1, -0.05) is 25.1 Å². The number of nitrogens with zero attached hydrogens (tertiary/aromatic N) is 2. The summed E-state index contributed by atoms with van der Waals surface area (Å²) >= 11 is 0. The van der Waals surface area contributed by atoms with Gasteiger partial charge in [-0.3, -0.25) is 4.79 Å². The van der Waals surface area contributed by atoms with E-state index in [2.05, 4.69) is 29.4 Å². The molecule has 0 amide bonds. The molecule has 2 heterocycles. The van der Waals surface area contributed by atoms with Gasteiger partial charge in [0, 0.05) is 43.5 Å². The van der Waals surface area contributed by atoms with Crippen LogP contribution in [-0.2, 0) is 6.54 Å². The van der Waals surface area contributed by atoms with Crippen molar-refractivity contribution >= 4 is 11.5 Å². The van der Waals surface area contributed by atoms with Crippen molar-refractivity contribution in [3.8, 4) is 0 Å². The maximum absolute atomic E-state index is 12.5. The van der Waals surface area contributed by atoms with Crippen LogP contribution in [0.4, 0.5) is 5.69 Å². The molecule has 0 radical (unpaired) electrons. The second kappa shape index (κ2) is 5.49. The minimum atomic E-state index is 0.131. The number of nitrogens with one attached hydrogen (secondary N) is 1. The number of rotatable bonds is 5. The number of imidazole rings is 1. The standard InChI is InChI=1S/C16H19N3O/c1-2-8-19-9-7-17-16(19)15(20)10-12-11-18-14-6-4-3-5-13(12)14/h3-7,9,12,18H,2,8,10-11H2,1H3. The van der Waals surface area contributed by atoms with E-state index in [1.54, 1.807) is 6.20 Å². The van der Waals surface area contributed by atoms with E-state index in [9.17, 15) is 4.79 Å². The van der Waals surface area contributed by atoms with Gasteiger partial charge in [-0.2, -0.15) is 0 Å². The van der Waals surface area contributed by atoms with Crippen molar-refractivity contribution in [2.24, 2.45) is 0 Å². The molecule has 1 aliphatic rings. The quantitative estimate of drug-likeness (QED) is 0.848. The number of para-hydroxylation sites is 1. The van der Waals surface area contributed by atoms with E-state index in [0.717, 1.165) is 25.2 Å². The number of Topliss-reactive ketones (excluding diaryl/α,β-unsaturated/α-hetero) is 1. The molecule has 0 fully saturated rings. The Hall–Kier alpha value is -2.10. The first-order chi connectivity index (χ1) is 9.79. The summed E-state index contributed by atoms with van der Waals surface area (Å²) in [5, 5.41) is 3.36. The molecular weight excluding hydrogens is 250 g/mol. The minimum absolute atomic E-state index is 0.131. The lowest BCUT2D eigenvalue weighted by atomic mass is 9.95. The highest BCUT2D eigenvalue weighted by molar-refractivity contribution is 5.93. The van der Waals surface area contributed by atoms with Crippen LogP contribution in [0.2, 0.25) is 0 Å². The molecule has 1 aliphatic heterocycles. The van der Waals surface area contributed by atoms with Crippen LogP contribution in [0.25, 0.3) is 0 Å². The van der Waals surface area contributed by atoms with Gasteiger partial charge < -0.3 is 9.88 Å². The van der Waals surface area contributed by atoms with Crippen LogP contribution in [-0.4, -0.2) is 21.9 Å². The van der Waals surface area contributed by atoms with Gasteiger partial charge in [-0.15, -0.1) is 0 Å². The average molecular weight is 269 g/mol. The molecule has 4 heteroatoms. The fraction of sp³-hybridized carbons (Fsp3) is 0.375. The average Bonchev–Trinajstić information content (AvgIpc) is 3.07. The van der Waals surface area contributed by atoms with Gasteiger partial charge in [0.15, 0.2) is 11.6 Å². The summed E-state index contributed by atoms with van der Waals surface area (Å²) in [6.07, 6.45) is 5.12. The predicted molar refractivity (Wildman–Crippen MR) is 79.1 cm³/mol. The van der Waals surface area contributed by atoms with Crippen molar-refractivity contribution < 1.29 is 4.79 Å². The van der Waals surface area contributed by atoms with Gasteiger partial charge in [-0.25, -0.2) is 4.98 Å². The van der Waals surface area contributed by atoms with Gasteiger partial charge in [0.25, 0.3) is 0 Å². The van der Waals surface area contributed by atoms with Crippen LogP contribution in [0, 0.1) is 0 Å². The van der Waals surface area contributed by atoms with Crippen LogP contribution in [0.5, 0.6) is 0 Å². The number of ketones is 1. The van der Waals surface area contributed by atoms with Crippen LogP contribution >= 0.6 is 0 Å². The number of aryl methyl sites for hydroxylation is 1. The zero-order valence-corrected chi connectivity index (χ0v) is 11.7. The molecule has 1 aromatic carbocycles. The molecule has 0 saturated heterocycles. The topological polar surface area (TPSA) is 46.9 Å². The van der Waals surface area contributed by atoms with E-state index >= 15 is 0 Å². The zero-order valence-electron chi connectivity index (χ0n) is 11.7. The molecule has 20 heavy (non-hydrogen) atoms. The van der Waals surface area contributed by atoms with Gasteiger partial charge >= 0.3 is 0 Å². The molecule has 0 spiro atoms. The largest absolute Gasteiger partial charge is 0.384 e. The third-order valence-electron chi connectivity index (χ3n) is 3.80. The molecule has 104 valence electrons. The Balaban J connectivity index is 1.76. The normalized spacial score (nSPS) is 16.8. The van der Waals surface area contributed by atoms with Gasteiger partial charge in [0.2, 0.25) is 0 Å². The summed E-state index contributed by atoms with van der Waals surface area (Å²) in [6, 6.07) is 8.22. The highest BCUT2D eigenvalue weighted by atomic mass is 16.1. The van der Waals surface area contributed by atoms with E-state index in [1.165, 1.54) is 5.56 Å². The molecule has 1 aromatic heterocycles. The molecule has 1 atom stereocenters. The Morgan fingerprint density at radius 3 is 3.15 bits per heavy atom. The fourth-order valence-corrected chi connectivity index (χ4v) is 2.84. The monoisotopic (exact) mass is 269 g/mol. The number of anilines is 1. The van der Waals surface area contributed by atoms with E-state index < -0.39 is 0 Å². The highest BCUT2D eigenvalue weighted by Crippen LogP contribution is 2.33. The van der Waals surface area contributed by atoms with Crippen molar-refractivity contribution in [2.75, 3.05) is 11.9 Å². The Labute approximate surface area is 118 Å². The molecule has 2 aromatic rings. The maximum atomic E-state index is 12.5. The molecule has 1 N–H and O–H groups in total. The molecular formula is C16H19N3O. The zero-order chi connectivity index (χ0) is 13.9. The summed E-state index contributed by atoms with van der Waals surface area (Å²) in [7, 11) is 0. The van der Waals surface area contributed by atoms with E-state index in [0.29, 0.717) is 12.2 Å². The number of fused-ring (bicyclic) bond motifs is 1. The molecule has 4 nitrogen and oxygen atoms in total. The summed E-state index contributed by atoms with van der Waals surface area (Å²) in [5.41, 5.74) is 2.40. The minimum Gasteiger partial charge on any atom is -0.384 e. The fourth-order valence-electron chi connectivity index (χ4n) is 2.84. The summed E-state index contributed by atoms with van der Waals surface area (Å²) in [6.45, 7) is 3.78. The number of hydrogen-bond acceptors (Lipinski definition) is 3. The Kier molecular flexibility index (Phi) is 3.54. The number of carbonyl (C=O) groups is 1. The molecule has 1 unspecified atom stereocenters. The number of hydrogen-bond donors (Lipinski definition) is 1. The van der Waals surface area contributed by atoms with E-state index in [4.69, 9.17) is 0 Å². The number of carbonyl (C=O) groups excluding carboxylic acids is 1. The Morgan fingerprint density at radius 2 is 2.30 bits per heavy atom. The van der Waals surface area contributed by atoms with Gasteiger partial charge in [0.1, 0.15) is 0 Å². The van der Waals surface area contributed by atoms with E-state index in [-0.39, 0.29) is 11.7 Å². The third kappa shape index (κ3) is 2.33. The number of benzene rings is 1. The van der Waals surface area contributed by atoms with Crippen LogP contribution < -0.4 is 5.32 Å². The maximum Gasteiger partial charge on any atom is 0.198 e. The summed E-state index contributed by atoms with van der Waals surface area (Å²) in [5.74, 6) is 0.980. The smallest absolute Gasteiger partial charge is 0.198 e. The molecule has 3 rings (SSSR count). The first kappa shape index (κ1) is 12.9. The van der Waals surface area contributed by atoms with Crippen molar-refractivity contribution in [3.05, 3.63) is 48.0 Å². The van der Waals surface area contributed by atoms with Gasteiger partial charge in [-0.05, 0) is 18.1 Å². The lowest BCUT2D eigenvalue weighted by Gasteiger charge is -2.10. The molecule has 0 saturated carbocycles. The summed E-state index contributed by atoms with van der Waals surface area (Å²) in [4.78, 5) is 16.7. The second-order valence-corrected chi connectivity index (χ2v) is 5.24. The van der Waals surface area contributed by atoms with Crippen molar-refractivity contribution in [1.82, 2.24) is 9.55 Å². The van der Waals surface area contributed by atoms with E-state index in [1.807, 2.05) is 22.9 Å². The van der Waals surface area contributed by atoms with Crippen molar-refractivity contribution in [3.63, 3.8) is 0 Å². The SMILES string of the molecule is CCCn1ccnc1C(=O)CC1CNc2ccccc21. The number of aromatic nitrogens is 2. The summed E-state index contributed by atoms with van der Waals surface area (Å²) < 4.78 is 1.95. The van der Waals surface area contributed by atoms with Crippen LogP contribution in [0.15, 0.2) is 36.7 Å². The second-order valence-electron chi connectivity index (χ2n) is 5.24. The first-order valence-corrected chi connectivity index (χ1v) is 7.16. The van der Waals surface area contributed by atoms with Gasteiger partial charge in [0.05, 0.1) is 0 Å². The lowest BCUT2D eigenvalue weighted by Crippen LogP contribution is -2.14. The predicted octanol–water partition coefficient (Wildman–Crippen LogP) is 3.08. The molecule has 0 bridgehead atoms. The van der Waals surface area contributed by atoms with Crippen LogP contribution in [0.3, 0.4) is 0 Å². The highest BCUT2D eigenvalue weighted by Gasteiger charge is 2.25. The Morgan fingerprint density at radius 1 is 1.45 bits per heavy atom. The first-order valence-electron chi connectivity index (χ1n) is 7.16. The Bertz CT molecular complexity index is 618. The van der Waals surface area contributed by atoms with Crippen molar-refractivity contribution in [2.45, 2.75) is 32.2 Å². The van der Waals surface area contributed by atoms with Crippen molar-refractivity contribution in [1.29, 1.82) is 0 Å².